The molecule has 2 heterocycles. The summed E-state index contributed by atoms with van der Waals surface area (Å²) < 4.78 is 15.7. The molecule has 0 radical (unpaired) electrons. The van der Waals surface area contributed by atoms with Crippen molar-refractivity contribution in [2.45, 2.75) is 12.8 Å². The van der Waals surface area contributed by atoms with Crippen LogP contribution >= 0.6 is 0 Å². The molecule has 0 aliphatic carbocycles. The number of hydrogen-bond donors (Lipinski definition) is 3. The zero-order valence-corrected chi connectivity index (χ0v) is 16.0. The first-order valence-corrected chi connectivity index (χ1v) is 9.22. The van der Waals surface area contributed by atoms with E-state index < -0.39 is 5.91 Å². The van der Waals surface area contributed by atoms with Crippen LogP contribution in [0.15, 0.2) is 34.9 Å². The fourth-order valence-corrected chi connectivity index (χ4v) is 3.21. The number of methoxy groups -OCH3 is 2. The SMILES string of the molecule is COc1cc(NC(=O)c2ccco2)c(C(=O)NCCC2CCNC2)cc1OC. The maximum absolute atomic E-state index is 12.8. The van der Waals surface area contributed by atoms with Gasteiger partial charge in [0.05, 0.1) is 31.7 Å². The van der Waals surface area contributed by atoms with Crippen LogP contribution in [-0.4, -0.2) is 45.7 Å². The first-order valence-electron chi connectivity index (χ1n) is 9.22. The van der Waals surface area contributed by atoms with Crippen molar-refractivity contribution in [1.29, 1.82) is 0 Å². The van der Waals surface area contributed by atoms with E-state index in [9.17, 15) is 9.59 Å². The molecule has 3 N–H and O–H groups in total. The van der Waals surface area contributed by atoms with E-state index in [1.807, 2.05) is 0 Å². The smallest absolute Gasteiger partial charge is 0.291 e. The molecule has 2 aromatic rings. The van der Waals surface area contributed by atoms with E-state index in [2.05, 4.69) is 16.0 Å². The number of rotatable bonds is 8. The number of anilines is 1. The Morgan fingerprint density at radius 2 is 2.00 bits per heavy atom. The Kier molecular flexibility index (Phi) is 6.54. The van der Waals surface area contributed by atoms with E-state index in [-0.39, 0.29) is 11.7 Å². The van der Waals surface area contributed by atoms with Crippen molar-refractivity contribution in [3.05, 3.63) is 41.9 Å². The zero-order chi connectivity index (χ0) is 19.9. The number of amides is 2. The van der Waals surface area contributed by atoms with Crippen LogP contribution in [0.1, 0.15) is 33.8 Å². The first kappa shape index (κ1) is 19.8. The molecule has 1 fully saturated rings. The van der Waals surface area contributed by atoms with Crippen molar-refractivity contribution < 1.29 is 23.5 Å². The molecule has 1 saturated heterocycles. The van der Waals surface area contributed by atoms with Crippen LogP contribution in [-0.2, 0) is 0 Å². The van der Waals surface area contributed by atoms with Crippen molar-refractivity contribution >= 4 is 17.5 Å². The molecular weight excluding hydrogens is 362 g/mol. The minimum atomic E-state index is -0.455. The Morgan fingerprint density at radius 1 is 1.21 bits per heavy atom. The molecule has 3 rings (SSSR count). The quantitative estimate of drug-likeness (QED) is 0.642. The van der Waals surface area contributed by atoms with Gasteiger partial charge in [0.1, 0.15) is 0 Å². The third-order valence-electron chi connectivity index (χ3n) is 4.76. The summed E-state index contributed by atoms with van der Waals surface area (Å²) in [6, 6.07) is 6.29. The van der Waals surface area contributed by atoms with Crippen molar-refractivity contribution in [2.75, 3.05) is 39.2 Å². The number of carbonyl (C=O) groups is 2. The van der Waals surface area contributed by atoms with Crippen LogP contribution in [0.25, 0.3) is 0 Å². The van der Waals surface area contributed by atoms with Crippen LogP contribution in [0, 0.1) is 5.92 Å². The molecule has 1 aliphatic heterocycles. The highest BCUT2D eigenvalue weighted by molar-refractivity contribution is 6.08. The van der Waals surface area contributed by atoms with Crippen molar-refractivity contribution in [1.82, 2.24) is 10.6 Å². The molecule has 1 aromatic heterocycles. The van der Waals surface area contributed by atoms with E-state index in [1.165, 1.54) is 20.5 Å². The lowest BCUT2D eigenvalue weighted by Crippen LogP contribution is -2.28. The van der Waals surface area contributed by atoms with E-state index in [1.54, 1.807) is 24.3 Å². The molecule has 8 nitrogen and oxygen atoms in total. The van der Waals surface area contributed by atoms with Crippen LogP contribution in [0.2, 0.25) is 0 Å². The molecule has 0 bridgehead atoms. The summed E-state index contributed by atoms with van der Waals surface area (Å²) in [7, 11) is 2.99. The molecule has 150 valence electrons. The van der Waals surface area contributed by atoms with Gasteiger partial charge in [0.2, 0.25) is 0 Å². The minimum Gasteiger partial charge on any atom is -0.493 e. The lowest BCUT2D eigenvalue weighted by molar-refractivity contribution is 0.0952. The first-order chi connectivity index (χ1) is 13.6. The normalized spacial score (nSPS) is 15.9. The standard InChI is InChI=1S/C20H25N3O5/c1-26-17-10-14(19(24)22-8-6-13-5-7-21-12-13)15(11-18(17)27-2)23-20(25)16-4-3-9-28-16/h3-4,9-11,13,21H,5-8,12H2,1-2H3,(H,22,24)(H,23,25). The van der Waals surface area contributed by atoms with Gasteiger partial charge >= 0.3 is 0 Å². The fourth-order valence-electron chi connectivity index (χ4n) is 3.21. The fraction of sp³-hybridized carbons (Fsp3) is 0.400. The molecule has 28 heavy (non-hydrogen) atoms. The van der Waals surface area contributed by atoms with Gasteiger partial charge in [-0.3, -0.25) is 9.59 Å². The molecule has 0 spiro atoms. The summed E-state index contributed by atoms with van der Waals surface area (Å²) in [6.45, 7) is 2.57. The highest BCUT2D eigenvalue weighted by atomic mass is 16.5. The predicted molar refractivity (Wildman–Crippen MR) is 104 cm³/mol. The van der Waals surface area contributed by atoms with Gasteiger partial charge in [0.15, 0.2) is 17.3 Å². The predicted octanol–water partition coefficient (Wildman–Crippen LogP) is 2.28. The Bertz CT molecular complexity index is 813. The second-order valence-electron chi connectivity index (χ2n) is 6.59. The van der Waals surface area contributed by atoms with Gasteiger partial charge in [-0.05, 0) is 50.0 Å². The van der Waals surface area contributed by atoms with Gasteiger partial charge in [-0.25, -0.2) is 0 Å². The zero-order valence-electron chi connectivity index (χ0n) is 16.0. The average molecular weight is 387 g/mol. The number of ether oxygens (including phenoxy) is 2. The summed E-state index contributed by atoms with van der Waals surface area (Å²) in [6.07, 6.45) is 3.44. The largest absolute Gasteiger partial charge is 0.493 e. The Labute approximate surface area is 163 Å². The molecule has 1 atom stereocenters. The van der Waals surface area contributed by atoms with Gasteiger partial charge in [0.25, 0.3) is 11.8 Å². The molecule has 2 amide bonds. The van der Waals surface area contributed by atoms with Crippen LogP contribution < -0.4 is 25.4 Å². The van der Waals surface area contributed by atoms with E-state index >= 15 is 0 Å². The van der Waals surface area contributed by atoms with Gasteiger partial charge in [-0.2, -0.15) is 0 Å². The summed E-state index contributed by atoms with van der Waals surface area (Å²) in [4.78, 5) is 25.2. The van der Waals surface area contributed by atoms with Gasteiger partial charge in [-0.15, -0.1) is 0 Å². The summed E-state index contributed by atoms with van der Waals surface area (Å²) in [5, 5.41) is 8.95. The van der Waals surface area contributed by atoms with Gasteiger partial charge in [-0.1, -0.05) is 0 Å². The van der Waals surface area contributed by atoms with Gasteiger partial charge < -0.3 is 29.8 Å². The number of carbonyl (C=O) groups excluding carboxylic acids is 2. The maximum atomic E-state index is 12.8. The lowest BCUT2D eigenvalue weighted by Gasteiger charge is -2.16. The third-order valence-corrected chi connectivity index (χ3v) is 4.76. The molecule has 0 saturated carbocycles. The van der Waals surface area contributed by atoms with Crippen LogP contribution in [0.4, 0.5) is 5.69 Å². The lowest BCUT2D eigenvalue weighted by atomic mass is 10.0. The summed E-state index contributed by atoms with van der Waals surface area (Å²) in [5.74, 6) is 0.790. The Morgan fingerprint density at radius 3 is 2.64 bits per heavy atom. The Hall–Kier alpha value is -3.00. The molecular formula is C20H25N3O5. The number of benzene rings is 1. The molecule has 8 heteroatoms. The average Bonchev–Trinajstić information content (AvgIpc) is 3.41. The van der Waals surface area contributed by atoms with E-state index in [0.29, 0.717) is 35.2 Å². The number of furan rings is 1. The maximum Gasteiger partial charge on any atom is 0.291 e. The second-order valence-corrected chi connectivity index (χ2v) is 6.59. The highest BCUT2D eigenvalue weighted by Crippen LogP contribution is 2.33. The second kappa shape index (κ2) is 9.27. The molecule has 1 aromatic carbocycles. The van der Waals surface area contributed by atoms with E-state index in [0.717, 1.165) is 25.9 Å². The third kappa shape index (κ3) is 4.64. The summed E-state index contributed by atoms with van der Waals surface area (Å²) in [5.41, 5.74) is 0.612. The van der Waals surface area contributed by atoms with Crippen molar-refractivity contribution in [3.63, 3.8) is 0 Å². The Balaban J connectivity index is 1.77. The molecule has 1 unspecified atom stereocenters. The monoisotopic (exact) mass is 387 g/mol. The minimum absolute atomic E-state index is 0.148. The van der Waals surface area contributed by atoms with Crippen molar-refractivity contribution in [3.8, 4) is 11.5 Å². The topological polar surface area (TPSA) is 102 Å². The summed E-state index contributed by atoms with van der Waals surface area (Å²) >= 11 is 0. The van der Waals surface area contributed by atoms with Crippen molar-refractivity contribution in [2.24, 2.45) is 5.92 Å². The number of nitrogens with one attached hydrogen (secondary N) is 3. The number of hydrogen-bond acceptors (Lipinski definition) is 6. The van der Waals surface area contributed by atoms with E-state index in [4.69, 9.17) is 13.9 Å². The molecule has 1 aliphatic rings. The van der Waals surface area contributed by atoms with Crippen LogP contribution in [0.3, 0.4) is 0 Å². The van der Waals surface area contributed by atoms with Crippen LogP contribution in [0.5, 0.6) is 11.5 Å². The van der Waals surface area contributed by atoms with Gasteiger partial charge in [0, 0.05) is 12.6 Å². The highest BCUT2D eigenvalue weighted by Gasteiger charge is 2.20.